The third-order valence-corrected chi connectivity index (χ3v) is 16.7. The molecule has 0 aliphatic carbocycles. The topological polar surface area (TPSA) is 36.9 Å². The summed E-state index contributed by atoms with van der Waals surface area (Å²) in [6, 6.07) is 44.3. The van der Waals surface area contributed by atoms with Crippen molar-refractivity contribution in [2.45, 2.75) is 237 Å². The van der Waals surface area contributed by atoms with Crippen LogP contribution in [0, 0.1) is 5.41 Å². The van der Waals surface area contributed by atoms with Crippen LogP contribution in [0.4, 0.5) is 0 Å². The van der Waals surface area contributed by atoms with Gasteiger partial charge in [0.15, 0.2) is 0 Å². The predicted molar refractivity (Wildman–Crippen MR) is 348 cm³/mol. The van der Waals surface area contributed by atoms with Crippen LogP contribution in [0.25, 0.3) is 11.1 Å². The summed E-state index contributed by atoms with van der Waals surface area (Å²) in [5, 5.41) is 1.98. The zero-order valence-corrected chi connectivity index (χ0v) is 56.4. The van der Waals surface area contributed by atoms with Gasteiger partial charge in [0.2, 0.25) is 0 Å². The van der Waals surface area contributed by atoms with Crippen LogP contribution in [0.15, 0.2) is 121 Å². The Hall–Kier alpha value is -4.62. The highest BCUT2D eigenvalue weighted by molar-refractivity contribution is 7.57. The lowest BCUT2D eigenvalue weighted by atomic mass is 9.80. The molecule has 0 N–H and O–H groups in total. The lowest BCUT2D eigenvalue weighted by Gasteiger charge is -2.31. The maximum Gasteiger partial charge on any atom is 0.326 e. The van der Waals surface area contributed by atoms with Crippen LogP contribution in [0.3, 0.4) is 0 Å². The Balaban J connectivity index is 0.00000219. The summed E-state index contributed by atoms with van der Waals surface area (Å²) in [4.78, 5) is 0. The maximum absolute atomic E-state index is 7.20. The monoisotopic (exact) mass is 1110 g/mol. The Morgan fingerprint density at radius 1 is 0.228 bits per heavy atom. The molecule has 0 aliphatic heterocycles. The largest absolute Gasteiger partial charge is 0.435 e. The van der Waals surface area contributed by atoms with E-state index in [1.54, 1.807) is 0 Å². The van der Waals surface area contributed by atoms with E-state index >= 15 is 0 Å². The van der Waals surface area contributed by atoms with Crippen LogP contribution in [0.1, 0.15) is 238 Å². The molecule has 6 rings (SSSR count). The van der Waals surface area contributed by atoms with Gasteiger partial charge in [0, 0.05) is 22.3 Å². The van der Waals surface area contributed by atoms with Gasteiger partial charge >= 0.3 is 16.8 Å². The molecule has 6 aromatic rings. The van der Waals surface area contributed by atoms with E-state index in [4.69, 9.17) is 18.1 Å². The van der Waals surface area contributed by atoms with E-state index in [-0.39, 0.29) is 43.3 Å². The minimum atomic E-state index is -1.63. The number of benzene rings is 6. The second-order valence-corrected chi connectivity index (χ2v) is 34.6. The molecule has 6 heteroatoms. The maximum atomic E-state index is 7.20. The Labute approximate surface area is 485 Å². The Morgan fingerprint density at radius 3 is 0.557 bits per heavy atom. The third kappa shape index (κ3) is 18.2. The standard InChI is InChI=1S/C68H92O4P2.C5H12/c1-61(2,3)47-29-37-57(53(41-47)65(13,14)15)69-73(70-58-38-30-48(62(4,5)6)42-54(58)66(16,17)18)51-33-25-45(26-34-51)46-27-35-52(36-28-46)74(71-59-39-31-49(63(7,8)9)43-55(59)67(19,20)21)72-60-40-32-50(64(10,11)12)44-56(60)68(22,23)24;1-5(2,3)4/h25-44H,1-24H3;1-4H3. The molecule has 430 valence electrons. The molecular formula is C73H104O4P2. The zero-order chi connectivity index (χ0) is 59.9. The molecule has 0 atom stereocenters. The van der Waals surface area contributed by atoms with Crippen molar-refractivity contribution in [3.63, 3.8) is 0 Å². The fraction of sp³-hybridized carbons (Fsp3) is 0.507. The molecule has 0 aromatic heterocycles. The molecule has 79 heavy (non-hydrogen) atoms. The van der Waals surface area contributed by atoms with Gasteiger partial charge in [-0.3, -0.25) is 0 Å². The SMILES string of the molecule is CC(C)(C)C.CC(C)(C)c1ccc(OP(Oc2ccc(C(C)(C)C)cc2C(C)(C)C)c2ccc(-c3ccc(P(Oc4ccc(C(C)(C)C)cc4C(C)(C)C)Oc4ccc(C(C)(C)C)cc4C(C)(C)C)cc3)cc2)c(C(C)(C)C)c1. The zero-order valence-electron chi connectivity index (χ0n) is 54.6. The highest BCUT2D eigenvalue weighted by Crippen LogP contribution is 2.50. The minimum Gasteiger partial charge on any atom is -0.435 e. The molecule has 0 fully saturated rings. The van der Waals surface area contributed by atoms with E-state index in [1.165, 1.54) is 22.3 Å². The van der Waals surface area contributed by atoms with Crippen LogP contribution >= 0.6 is 16.8 Å². The van der Waals surface area contributed by atoms with Crippen LogP contribution in [-0.2, 0) is 43.3 Å². The fourth-order valence-electron chi connectivity index (χ4n) is 8.81. The van der Waals surface area contributed by atoms with E-state index in [0.29, 0.717) is 5.41 Å². The lowest BCUT2D eigenvalue weighted by Crippen LogP contribution is -2.20. The molecule has 0 heterocycles. The van der Waals surface area contributed by atoms with Gasteiger partial charge in [0.1, 0.15) is 23.0 Å². The number of rotatable bonds is 11. The summed E-state index contributed by atoms with van der Waals surface area (Å²) >= 11 is 0. The van der Waals surface area contributed by atoms with Gasteiger partial charge in [0.05, 0.1) is 10.6 Å². The van der Waals surface area contributed by atoms with E-state index in [1.807, 2.05) is 0 Å². The molecule has 0 amide bonds. The number of hydrogen-bond acceptors (Lipinski definition) is 4. The smallest absolute Gasteiger partial charge is 0.326 e. The highest BCUT2D eigenvalue weighted by Gasteiger charge is 2.33. The van der Waals surface area contributed by atoms with Crippen LogP contribution in [0.5, 0.6) is 23.0 Å². The molecule has 0 bridgehead atoms. The molecule has 6 aromatic carbocycles. The van der Waals surface area contributed by atoms with E-state index in [2.05, 4.69) is 315 Å². The third-order valence-electron chi connectivity index (χ3n) is 13.8. The predicted octanol–water partition coefficient (Wildman–Crippen LogP) is 22.0. The molecule has 0 saturated heterocycles. The highest BCUT2D eigenvalue weighted by atomic mass is 31.2. The molecule has 0 aliphatic rings. The first-order valence-electron chi connectivity index (χ1n) is 28.8. The van der Waals surface area contributed by atoms with Crippen molar-refractivity contribution >= 4 is 27.4 Å². The second kappa shape index (κ2) is 23.7. The van der Waals surface area contributed by atoms with Gasteiger partial charge in [-0.25, -0.2) is 0 Å². The molecule has 4 nitrogen and oxygen atoms in total. The fourth-order valence-corrected chi connectivity index (χ4v) is 11.4. The lowest BCUT2D eigenvalue weighted by molar-refractivity contribution is 0.465. The average Bonchev–Trinajstić information content (AvgIpc) is 3.28. The van der Waals surface area contributed by atoms with Gasteiger partial charge in [-0.15, -0.1) is 0 Å². The first kappa shape index (κ1) is 65.2. The van der Waals surface area contributed by atoms with E-state index in [9.17, 15) is 0 Å². The van der Waals surface area contributed by atoms with Gasteiger partial charge in [-0.2, -0.15) is 0 Å². The quantitative estimate of drug-likeness (QED) is 0.121. The molecule has 0 spiro atoms. The summed E-state index contributed by atoms with van der Waals surface area (Å²) in [7, 11) is -3.25. The van der Waals surface area contributed by atoms with Crippen LogP contribution in [0.2, 0.25) is 0 Å². The van der Waals surface area contributed by atoms with E-state index in [0.717, 1.165) is 67.0 Å². The second-order valence-electron chi connectivity index (χ2n) is 31.8. The van der Waals surface area contributed by atoms with Gasteiger partial charge in [-0.05, 0) is 131 Å². The Morgan fingerprint density at radius 2 is 0.405 bits per heavy atom. The normalized spacial score (nSPS) is 13.3. The van der Waals surface area contributed by atoms with Crippen LogP contribution < -0.4 is 28.7 Å². The summed E-state index contributed by atoms with van der Waals surface area (Å²) in [6.07, 6.45) is 0. The van der Waals surface area contributed by atoms with Crippen molar-refractivity contribution < 1.29 is 18.1 Å². The first-order chi connectivity index (χ1) is 35.7. The molecule has 0 radical (unpaired) electrons. The van der Waals surface area contributed by atoms with Crippen molar-refractivity contribution in [1.29, 1.82) is 0 Å². The van der Waals surface area contributed by atoms with Crippen molar-refractivity contribution in [2.24, 2.45) is 5.41 Å². The first-order valence-corrected chi connectivity index (χ1v) is 31.2. The van der Waals surface area contributed by atoms with Gasteiger partial charge < -0.3 is 18.1 Å². The minimum absolute atomic E-state index is 0.00545. The summed E-state index contributed by atoms with van der Waals surface area (Å²) in [6.45, 7) is 63.1. The molecule has 0 saturated carbocycles. The van der Waals surface area contributed by atoms with Crippen molar-refractivity contribution in [1.82, 2.24) is 0 Å². The molecule has 0 unspecified atom stereocenters. The van der Waals surface area contributed by atoms with Crippen molar-refractivity contribution in [3.05, 3.63) is 166 Å². The summed E-state index contributed by atoms with van der Waals surface area (Å²) in [5.41, 5.74) is 11.8. The van der Waals surface area contributed by atoms with Gasteiger partial charge in [0.25, 0.3) is 0 Å². The summed E-state index contributed by atoms with van der Waals surface area (Å²) < 4.78 is 28.8. The van der Waals surface area contributed by atoms with Crippen molar-refractivity contribution in [3.8, 4) is 34.1 Å². The van der Waals surface area contributed by atoms with Crippen molar-refractivity contribution in [2.75, 3.05) is 0 Å². The Bertz CT molecular complexity index is 2630. The van der Waals surface area contributed by atoms with Crippen LogP contribution in [-0.4, -0.2) is 0 Å². The van der Waals surface area contributed by atoms with E-state index < -0.39 is 16.8 Å². The average molecular weight is 1110 g/mol. The van der Waals surface area contributed by atoms with Gasteiger partial charge in [-0.1, -0.05) is 267 Å². The molecular weight excluding hydrogens is 1000 g/mol. The Kier molecular flexibility index (Phi) is 19.6. The summed E-state index contributed by atoms with van der Waals surface area (Å²) in [5.74, 6) is 3.39. The number of hydrogen-bond donors (Lipinski definition) is 0.